The molecule has 0 amide bonds. The Bertz CT molecular complexity index is 32.0. The van der Waals surface area contributed by atoms with Gasteiger partial charge in [-0.1, -0.05) is 0 Å². The third kappa shape index (κ3) is 4.78. The van der Waals surface area contributed by atoms with Crippen LogP contribution in [0.15, 0.2) is 0 Å². The fraction of sp³-hybridized carbons (Fsp3) is 1.00. The van der Waals surface area contributed by atoms with Crippen LogP contribution in [0.25, 0.3) is 0 Å². The molecule has 0 aromatic carbocycles. The molecular formula is C3H9PS. The zero-order valence-corrected chi connectivity index (χ0v) is 5.27. The van der Waals surface area contributed by atoms with E-state index in [1.165, 1.54) is 0 Å². The first-order valence-electron chi connectivity index (χ1n) is 1.91. The first-order valence-corrected chi connectivity index (χ1v) is 4.38. The predicted molar refractivity (Wildman–Crippen MR) is 32.6 cm³/mol. The van der Waals surface area contributed by atoms with Crippen molar-refractivity contribution in [3.05, 3.63) is 0 Å². The predicted octanol–water partition coefficient (Wildman–Crippen LogP) is 1.62. The third-order valence-electron chi connectivity index (χ3n) is 0.258. The SMILES string of the molecule is [2H]P(C)CSC. The lowest BCUT2D eigenvalue weighted by Crippen LogP contribution is -1.52. The minimum Gasteiger partial charge on any atom is -0.161 e. The van der Waals surface area contributed by atoms with Crippen LogP contribution in [0, 0.1) is 0 Å². The maximum Gasteiger partial charge on any atom is 0.0585 e. The number of thioether (sulfide) groups is 1. The van der Waals surface area contributed by atoms with Crippen molar-refractivity contribution in [2.45, 2.75) is 0 Å². The molecular weight excluding hydrogens is 99.1 g/mol. The summed E-state index contributed by atoms with van der Waals surface area (Å²) in [6, 6.07) is 0. The zero-order valence-electron chi connectivity index (χ0n) is 4.56. The molecule has 0 saturated heterocycles. The first kappa shape index (κ1) is 3.95. The van der Waals surface area contributed by atoms with E-state index in [1.54, 1.807) is 11.8 Å². The van der Waals surface area contributed by atoms with E-state index in [4.69, 9.17) is 1.28 Å². The molecule has 0 rings (SSSR count). The fourth-order valence-corrected chi connectivity index (χ4v) is 1.16. The quantitative estimate of drug-likeness (QED) is 0.485. The van der Waals surface area contributed by atoms with E-state index in [0.717, 1.165) is 5.49 Å². The minimum atomic E-state index is -0.388. The van der Waals surface area contributed by atoms with Crippen LogP contribution in [0.1, 0.15) is 0 Å². The largest absolute Gasteiger partial charge is 0.161 e. The highest BCUT2D eigenvalue weighted by atomic mass is 32.2. The highest BCUT2D eigenvalue weighted by Gasteiger charge is 1.66. The van der Waals surface area contributed by atoms with Gasteiger partial charge in [0.2, 0.25) is 0 Å². The van der Waals surface area contributed by atoms with Gasteiger partial charge >= 0.3 is 0 Å². The van der Waals surface area contributed by atoms with Gasteiger partial charge in [0.15, 0.2) is 0 Å². The van der Waals surface area contributed by atoms with Crippen molar-refractivity contribution in [2.24, 2.45) is 0 Å². The van der Waals surface area contributed by atoms with Crippen molar-refractivity contribution >= 4 is 20.3 Å². The fourth-order valence-electron chi connectivity index (χ4n) is 0.129. The van der Waals surface area contributed by atoms with E-state index in [2.05, 4.69) is 0 Å². The molecule has 0 N–H and O–H groups in total. The molecule has 0 bridgehead atoms. The van der Waals surface area contributed by atoms with Gasteiger partial charge in [0.1, 0.15) is 0 Å². The molecule has 0 nitrogen and oxygen atoms in total. The summed E-state index contributed by atoms with van der Waals surface area (Å²) in [6.07, 6.45) is 2.04. The molecule has 1 atom stereocenters. The zero-order chi connectivity index (χ0) is 4.99. The first-order chi connectivity index (χ1) is 2.77. The molecule has 0 heterocycles. The second kappa shape index (κ2) is 4.78. The van der Waals surface area contributed by atoms with E-state index in [9.17, 15) is 0 Å². The Morgan fingerprint density at radius 3 is 2.80 bits per heavy atom. The second-order valence-electron chi connectivity index (χ2n) is 0.734. The van der Waals surface area contributed by atoms with Gasteiger partial charge in [-0.15, -0.1) is 8.53 Å². The molecule has 0 saturated carbocycles. The van der Waals surface area contributed by atoms with Crippen molar-refractivity contribution in [1.82, 2.24) is 0 Å². The molecule has 5 heavy (non-hydrogen) atoms. The van der Waals surface area contributed by atoms with E-state index < -0.39 is 0 Å². The Labute approximate surface area is 40.8 Å². The highest BCUT2D eigenvalue weighted by molar-refractivity contribution is 8.02. The van der Waals surface area contributed by atoms with Crippen molar-refractivity contribution in [3.8, 4) is 0 Å². The summed E-state index contributed by atoms with van der Waals surface area (Å²) in [6.45, 7) is 1.96. The van der Waals surface area contributed by atoms with Gasteiger partial charge in [0, 0.05) is 5.49 Å². The lowest BCUT2D eigenvalue weighted by atomic mass is 11.9. The minimum absolute atomic E-state index is 0.388. The van der Waals surface area contributed by atoms with Gasteiger partial charge in [-0.05, 0) is 12.9 Å². The van der Waals surface area contributed by atoms with Crippen LogP contribution < -0.4 is 0 Å². The van der Waals surface area contributed by atoms with Crippen LogP contribution in [-0.4, -0.2) is 19.7 Å². The van der Waals surface area contributed by atoms with Gasteiger partial charge < -0.3 is 0 Å². The molecule has 32 valence electrons. The molecule has 1 unspecified atom stereocenters. The standard InChI is InChI=1S/C3H9PS/c1-4-3-5-2/h4H,3H2,1-2H3/i4D. The molecule has 0 aliphatic carbocycles. The van der Waals surface area contributed by atoms with Crippen LogP contribution >= 0.6 is 20.3 Å². The summed E-state index contributed by atoms with van der Waals surface area (Å²) in [5.41, 5.74) is 1.02. The summed E-state index contributed by atoms with van der Waals surface area (Å²) in [5, 5.41) is 0. The molecule has 0 spiro atoms. The molecule has 0 aromatic rings. The van der Waals surface area contributed by atoms with Crippen LogP contribution in [0.5, 0.6) is 0 Å². The highest BCUT2D eigenvalue weighted by Crippen LogP contribution is 2.08. The van der Waals surface area contributed by atoms with Crippen LogP contribution in [0.3, 0.4) is 0 Å². The topological polar surface area (TPSA) is 0 Å². The number of hydrogen-bond acceptors (Lipinski definition) is 1. The van der Waals surface area contributed by atoms with Gasteiger partial charge in [-0.3, -0.25) is 0 Å². The Hall–Kier alpha value is 0.780. The van der Waals surface area contributed by atoms with Crippen molar-refractivity contribution in [2.75, 3.05) is 18.4 Å². The molecule has 0 aromatic heterocycles. The van der Waals surface area contributed by atoms with Crippen molar-refractivity contribution < 1.29 is 0 Å². The van der Waals surface area contributed by atoms with E-state index in [1.807, 2.05) is 12.9 Å². The smallest absolute Gasteiger partial charge is 0.0585 e. The second-order valence-corrected chi connectivity index (χ2v) is 2.98. The summed E-state index contributed by atoms with van der Waals surface area (Å²) in [4.78, 5) is 0. The van der Waals surface area contributed by atoms with Crippen molar-refractivity contribution in [3.63, 3.8) is 0 Å². The average molecular weight is 109 g/mol. The van der Waals surface area contributed by atoms with Crippen LogP contribution in [0.4, 0.5) is 0 Å². The average Bonchev–Trinajstić information content (AvgIpc) is 1.35. The Kier molecular flexibility index (Phi) is 3.78. The molecule has 2 heteroatoms. The van der Waals surface area contributed by atoms with E-state index >= 15 is 0 Å². The maximum absolute atomic E-state index is 7.02. The third-order valence-corrected chi connectivity index (χ3v) is 2.32. The summed E-state index contributed by atoms with van der Waals surface area (Å²) in [5.74, 6) is 0. The summed E-state index contributed by atoms with van der Waals surface area (Å²) < 4.78 is 7.02. The molecule has 0 aliphatic rings. The van der Waals surface area contributed by atoms with Crippen LogP contribution in [0.2, 0.25) is 0 Å². The van der Waals surface area contributed by atoms with Crippen molar-refractivity contribution in [1.29, 1.82) is 1.28 Å². The molecule has 0 fully saturated rings. The van der Waals surface area contributed by atoms with Gasteiger partial charge in [-0.2, -0.15) is 11.8 Å². The van der Waals surface area contributed by atoms with Crippen LogP contribution in [-0.2, 0) is 0 Å². The summed E-state index contributed by atoms with van der Waals surface area (Å²) >= 11 is 1.75. The van der Waals surface area contributed by atoms with Gasteiger partial charge in [-0.25, -0.2) is 0 Å². The lowest BCUT2D eigenvalue weighted by Gasteiger charge is -1.80. The van der Waals surface area contributed by atoms with E-state index in [-0.39, 0.29) is 8.53 Å². The Morgan fingerprint density at radius 1 is 2.20 bits per heavy atom. The lowest BCUT2D eigenvalue weighted by molar-refractivity contribution is 2.16. The normalized spacial score (nSPS) is 17.6. The van der Waals surface area contributed by atoms with E-state index in [0.29, 0.717) is 0 Å². The molecule has 0 aliphatic heterocycles. The Morgan fingerprint density at radius 2 is 2.80 bits per heavy atom. The number of hydrogen-bond donors (Lipinski definition) is 0. The Balaban J connectivity index is 2.63. The maximum atomic E-state index is 7.02. The number of rotatable bonds is 2. The molecule has 0 radical (unpaired) electrons. The monoisotopic (exact) mass is 109 g/mol. The van der Waals surface area contributed by atoms with Gasteiger partial charge in [0.05, 0.1) is 1.28 Å². The van der Waals surface area contributed by atoms with Gasteiger partial charge in [0.25, 0.3) is 0 Å². The summed E-state index contributed by atoms with van der Waals surface area (Å²) in [7, 11) is -0.388.